The number of hydrogen-bond acceptors (Lipinski definition) is 5. The topological polar surface area (TPSA) is 91.3 Å². The lowest BCUT2D eigenvalue weighted by molar-refractivity contribution is 0.211. The molecule has 2 rings (SSSR count). The highest BCUT2D eigenvalue weighted by atomic mass is 35.5. The molecule has 0 aliphatic carbocycles. The first-order valence-electron chi connectivity index (χ1n) is 6.99. The van der Waals surface area contributed by atoms with Crippen molar-refractivity contribution < 1.29 is 13.5 Å². The van der Waals surface area contributed by atoms with Gasteiger partial charge in [-0.25, -0.2) is 13.1 Å². The number of rotatable bonds is 8. The van der Waals surface area contributed by atoms with E-state index in [-0.39, 0.29) is 17.3 Å². The summed E-state index contributed by atoms with van der Waals surface area (Å²) < 4.78 is 26.9. The quantitative estimate of drug-likeness (QED) is 0.625. The van der Waals surface area contributed by atoms with Crippen LogP contribution >= 0.6 is 11.6 Å². The van der Waals surface area contributed by atoms with E-state index in [1.165, 1.54) is 12.1 Å². The molecule has 124 valence electrons. The number of halogens is 1. The Morgan fingerprint density at radius 1 is 1.17 bits per heavy atom. The van der Waals surface area contributed by atoms with Crippen molar-refractivity contribution in [3.8, 4) is 0 Å². The van der Waals surface area contributed by atoms with Crippen LogP contribution in [0.1, 0.15) is 5.69 Å². The zero-order chi connectivity index (χ0) is 16.7. The number of nitrogens with one attached hydrogen (secondary N) is 2. The summed E-state index contributed by atoms with van der Waals surface area (Å²) in [6.07, 6.45) is 0.958. The molecule has 6 nitrogen and oxygen atoms in total. The molecule has 1 heterocycles. The fourth-order valence-corrected chi connectivity index (χ4v) is 2.91. The SMILES string of the molecule is O=S(=O)(NCc1ccccn1)c1ccc(NCC(O)CCl)cc1. The van der Waals surface area contributed by atoms with Crippen molar-refractivity contribution in [3.63, 3.8) is 0 Å². The lowest BCUT2D eigenvalue weighted by atomic mass is 10.3. The molecule has 2 aromatic rings. The minimum atomic E-state index is -3.60. The Morgan fingerprint density at radius 3 is 2.52 bits per heavy atom. The van der Waals surface area contributed by atoms with Crippen LogP contribution in [-0.4, -0.2) is 37.0 Å². The van der Waals surface area contributed by atoms with Gasteiger partial charge in [0.05, 0.1) is 29.1 Å². The Labute approximate surface area is 140 Å². The Bertz CT molecular complexity index is 709. The summed E-state index contributed by atoms with van der Waals surface area (Å²) in [5, 5.41) is 12.3. The van der Waals surface area contributed by atoms with Crippen LogP contribution in [0.5, 0.6) is 0 Å². The van der Waals surface area contributed by atoms with Gasteiger partial charge in [-0.2, -0.15) is 0 Å². The molecule has 0 amide bonds. The van der Waals surface area contributed by atoms with Crippen LogP contribution in [0, 0.1) is 0 Å². The van der Waals surface area contributed by atoms with E-state index >= 15 is 0 Å². The highest BCUT2D eigenvalue weighted by Crippen LogP contribution is 2.14. The number of nitrogens with zero attached hydrogens (tertiary/aromatic N) is 1. The Morgan fingerprint density at radius 2 is 1.91 bits per heavy atom. The van der Waals surface area contributed by atoms with Gasteiger partial charge in [-0.1, -0.05) is 6.07 Å². The molecule has 1 aromatic carbocycles. The van der Waals surface area contributed by atoms with Gasteiger partial charge in [0, 0.05) is 18.4 Å². The third-order valence-corrected chi connectivity index (χ3v) is 4.83. The first-order chi connectivity index (χ1) is 11.0. The lowest BCUT2D eigenvalue weighted by Crippen LogP contribution is -2.24. The maximum atomic E-state index is 12.2. The number of sulfonamides is 1. The molecule has 0 saturated heterocycles. The molecule has 1 aromatic heterocycles. The van der Waals surface area contributed by atoms with E-state index < -0.39 is 16.1 Å². The van der Waals surface area contributed by atoms with E-state index in [1.54, 1.807) is 36.5 Å². The summed E-state index contributed by atoms with van der Waals surface area (Å²) in [5.74, 6) is 0.136. The number of hydrogen-bond donors (Lipinski definition) is 3. The van der Waals surface area contributed by atoms with Crippen molar-refractivity contribution in [1.29, 1.82) is 0 Å². The Kier molecular flexibility index (Phi) is 6.35. The van der Waals surface area contributed by atoms with Gasteiger partial charge in [0.15, 0.2) is 0 Å². The average Bonchev–Trinajstić information content (AvgIpc) is 2.59. The van der Waals surface area contributed by atoms with Gasteiger partial charge in [0.25, 0.3) is 0 Å². The van der Waals surface area contributed by atoms with Crippen LogP contribution in [0.4, 0.5) is 5.69 Å². The summed E-state index contributed by atoms with van der Waals surface area (Å²) in [5.41, 5.74) is 1.35. The number of pyridine rings is 1. The molecule has 0 aliphatic heterocycles. The number of aromatic nitrogens is 1. The second-order valence-corrected chi connectivity index (χ2v) is 6.93. The largest absolute Gasteiger partial charge is 0.390 e. The predicted octanol–water partition coefficient (Wildman–Crippen LogP) is 1.57. The summed E-state index contributed by atoms with van der Waals surface area (Å²) in [6.45, 7) is 0.429. The fraction of sp³-hybridized carbons (Fsp3) is 0.267. The van der Waals surface area contributed by atoms with Gasteiger partial charge >= 0.3 is 0 Å². The molecule has 0 bridgehead atoms. The molecule has 8 heteroatoms. The second kappa shape index (κ2) is 8.26. The van der Waals surface area contributed by atoms with Crippen molar-refractivity contribution in [1.82, 2.24) is 9.71 Å². The maximum absolute atomic E-state index is 12.2. The zero-order valence-electron chi connectivity index (χ0n) is 12.3. The monoisotopic (exact) mass is 355 g/mol. The van der Waals surface area contributed by atoms with E-state index in [2.05, 4.69) is 15.0 Å². The molecule has 0 radical (unpaired) electrons. The first-order valence-corrected chi connectivity index (χ1v) is 9.00. The predicted molar refractivity (Wildman–Crippen MR) is 89.9 cm³/mol. The third-order valence-electron chi connectivity index (χ3n) is 3.05. The number of aliphatic hydroxyl groups excluding tert-OH is 1. The van der Waals surface area contributed by atoms with Gasteiger partial charge in [0.2, 0.25) is 10.0 Å². The van der Waals surface area contributed by atoms with Gasteiger partial charge in [-0.3, -0.25) is 4.98 Å². The van der Waals surface area contributed by atoms with E-state index in [1.807, 2.05) is 0 Å². The van der Waals surface area contributed by atoms with E-state index in [0.717, 1.165) is 0 Å². The average molecular weight is 356 g/mol. The highest BCUT2D eigenvalue weighted by Gasteiger charge is 2.13. The normalized spacial score (nSPS) is 12.8. The molecule has 1 unspecified atom stereocenters. The molecule has 0 aliphatic rings. The van der Waals surface area contributed by atoms with Crippen LogP contribution in [-0.2, 0) is 16.6 Å². The molecule has 3 N–H and O–H groups in total. The number of aliphatic hydroxyl groups is 1. The zero-order valence-corrected chi connectivity index (χ0v) is 13.9. The van der Waals surface area contributed by atoms with Gasteiger partial charge in [0.1, 0.15) is 0 Å². The summed E-state index contributed by atoms with van der Waals surface area (Å²) in [7, 11) is -3.60. The first kappa shape index (κ1) is 17.7. The van der Waals surface area contributed by atoms with Crippen molar-refractivity contribution in [2.24, 2.45) is 0 Å². The van der Waals surface area contributed by atoms with Crippen molar-refractivity contribution >= 4 is 27.3 Å². The molecule has 0 spiro atoms. The summed E-state index contributed by atoms with van der Waals surface area (Å²) >= 11 is 5.51. The molecule has 23 heavy (non-hydrogen) atoms. The second-order valence-electron chi connectivity index (χ2n) is 4.86. The summed E-state index contributed by atoms with van der Waals surface area (Å²) in [4.78, 5) is 4.23. The van der Waals surface area contributed by atoms with E-state index in [0.29, 0.717) is 17.9 Å². The Hall–Kier alpha value is -1.67. The van der Waals surface area contributed by atoms with Crippen LogP contribution in [0.15, 0.2) is 53.6 Å². The smallest absolute Gasteiger partial charge is 0.240 e. The third kappa shape index (κ3) is 5.47. The van der Waals surface area contributed by atoms with E-state index in [9.17, 15) is 13.5 Å². The van der Waals surface area contributed by atoms with Gasteiger partial charge in [-0.05, 0) is 36.4 Å². The molecule has 0 fully saturated rings. The lowest BCUT2D eigenvalue weighted by Gasteiger charge is -2.11. The van der Waals surface area contributed by atoms with Crippen LogP contribution in [0.2, 0.25) is 0 Å². The molecule has 0 saturated carbocycles. The van der Waals surface area contributed by atoms with Crippen LogP contribution in [0.3, 0.4) is 0 Å². The van der Waals surface area contributed by atoms with Crippen LogP contribution in [0.25, 0.3) is 0 Å². The minimum absolute atomic E-state index is 0.130. The van der Waals surface area contributed by atoms with Crippen molar-refractivity contribution in [2.75, 3.05) is 17.7 Å². The van der Waals surface area contributed by atoms with Crippen molar-refractivity contribution in [2.45, 2.75) is 17.5 Å². The molecule has 1 atom stereocenters. The van der Waals surface area contributed by atoms with Gasteiger partial charge < -0.3 is 10.4 Å². The van der Waals surface area contributed by atoms with Crippen LogP contribution < -0.4 is 10.0 Å². The Balaban J connectivity index is 1.97. The number of alkyl halides is 1. The molecular weight excluding hydrogens is 338 g/mol. The number of anilines is 1. The van der Waals surface area contributed by atoms with Gasteiger partial charge in [-0.15, -0.1) is 11.6 Å². The number of benzene rings is 1. The van der Waals surface area contributed by atoms with Crippen molar-refractivity contribution in [3.05, 3.63) is 54.4 Å². The standard InChI is InChI=1S/C15H18ClN3O3S/c16-9-14(20)11-18-12-4-6-15(7-5-12)23(21,22)19-10-13-3-1-2-8-17-13/h1-8,14,18-20H,9-11H2. The minimum Gasteiger partial charge on any atom is -0.390 e. The van der Waals surface area contributed by atoms with E-state index in [4.69, 9.17) is 11.6 Å². The summed E-state index contributed by atoms with van der Waals surface area (Å²) in [6, 6.07) is 11.6. The highest BCUT2D eigenvalue weighted by molar-refractivity contribution is 7.89. The molecular formula is C15H18ClN3O3S. The fourth-order valence-electron chi connectivity index (χ4n) is 1.80. The maximum Gasteiger partial charge on any atom is 0.240 e.